The van der Waals surface area contributed by atoms with E-state index >= 15 is 0 Å². The highest BCUT2D eigenvalue weighted by Crippen LogP contribution is 2.15. The number of aromatic nitrogens is 5. The van der Waals surface area contributed by atoms with Crippen molar-refractivity contribution in [1.82, 2.24) is 24.4 Å². The molecule has 2 aromatic rings. The molecule has 7 heteroatoms. The summed E-state index contributed by atoms with van der Waals surface area (Å²) in [5, 5.41) is 9.99. The van der Waals surface area contributed by atoms with E-state index in [1.165, 1.54) is 11.5 Å². The number of rotatable bonds is 4. The highest BCUT2D eigenvalue weighted by molar-refractivity contribution is 7.03. The van der Waals surface area contributed by atoms with E-state index < -0.39 is 0 Å². The lowest BCUT2D eigenvalue weighted by Gasteiger charge is -2.11. The smallest absolute Gasteiger partial charge is 0.138 e. The Morgan fingerprint density at radius 2 is 2.31 bits per heavy atom. The second-order valence-corrected chi connectivity index (χ2v) is 4.46. The summed E-state index contributed by atoms with van der Waals surface area (Å²) in [6.45, 7) is 4.13. The second-order valence-electron chi connectivity index (χ2n) is 3.85. The van der Waals surface area contributed by atoms with Crippen LogP contribution >= 0.6 is 11.5 Å². The fourth-order valence-electron chi connectivity index (χ4n) is 1.49. The quantitative estimate of drug-likeness (QED) is 0.857. The Hall–Kier alpha value is -1.34. The molecule has 2 N–H and O–H groups in total. The summed E-state index contributed by atoms with van der Waals surface area (Å²) < 4.78 is 5.67. The first-order valence-electron chi connectivity index (χ1n) is 5.09. The first kappa shape index (κ1) is 11.2. The summed E-state index contributed by atoms with van der Waals surface area (Å²) in [5.74, 6) is 0.885. The van der Waals surface area contributed by atoms with Crippen molar-refractivity contribution in [2.75, 3.05) is 0 Å². The van der Waals surface area contributed by atoms with Gasteiger partial charge in [0, 0.05) is 17.8 Å². The van der Waals surface area contributed by atoms with Crippen molar-refractivity contribution in [1.29, 1.82) is 0 Å². The zero-order valence-electron chi connectivity index (χ0n) is 9.24. The van der Waals surface area contributed by atoms with Crippen LogP contribution in [0.4, 0.5) is 0 Å². The standard InChI is InChI=1S/C9H14N6S/c1-6(2)15-9(11-5-12-15)3-7(10)8-4-16-14-13-8/h4-7H,3,10H2,1-2H3. The summed E-state index contributed by atoms with van der Waals surface area (Å²) in [7, 11) is 0. The molecule has 6 nitrogen and oxygen atoms in total. The Morgan fingerprint density at radius 1 is 1.50 bits per heavy atom. The summed E-state index contributed by atoms with van der Waals surface area (Å²) in [4.78, 5) is 4.21. The molecule has 0 saturated heterocycles. The van der Waals surface area contributed by atoms with Crippen molar-refractivity contribution in [3.8, 4) is 0 Å². The van der Waals surface area contributed by atoms with Crippen LogP contribution in [0.5, 0.6) is 0 Å². The molecule has 0 fully saturated rings. The fourth-order valence-corrected chi connectivity index (χ4v) is 2.00. The van der Waals surface area contributed by atoms with Gasteiger partial charge in [-0.2, -0.15) is 5.10 Å². The highest BCUT2D eigenvalue weighted by Gasteiger charge is 2.15. The maximum Gasteiger partial charge on any atom is 0.138 e. The van der Waals surface area contributed by atoms with E-state index in [4.69, 9.17) is 5.73 Å². The SMILES string of the molecule is CC(C)n1ncnc1CC(N)c1csnn1. The molecule has 0 bridgehead atoms. The van der Waals surface area contributed by atoms with Crippen LogP contribution in [0.15, 0.2) is 11.7 Å². The van der Waals surface area contributed by atoms with E-state index in [1.54, 1.807) is 6.33 Å². The summed E-state index contributed by atoms with van der Waals surface area (Å²) in [5.41, 5.74) is 6.83. The molecule has 0 aliphatic carbocycles. The van der Waals surface area contributed by atoms with Gasteiger partial charge in [0.05, 0.1) is 11.7 Å². The third-order valence-corrected chi connectivity index (χ3v) is 2.82. The molecular formula is C9H14N6S. The first-order chi connectivity index (χ1) is 7.68. The van der Waals surface area contributed by atoms with E-state index in [0.29, 0.717) is 12.5 Å². The van der Waals surface area contributed by atoms with E-state index in [9.17, 15) is 0 Å². The molecule has 1 unspecified atom stereocenters. The minimum absolute atomic E-state index is 0.166. The van der Waals surface area contributed by atoms with Crippen molar-refractivity contribution < 1.29 is 0 Å². The van der Waals surface area contributed by atoms with Gasteiger partial charge < -0.3 is 5.73 Å². The van der Waals surface area contributed by atoms with Crippen LogP contribution < -0.4 is 5.73 Å². The Balaban J connectivity index is 2.12. The van der Waals surface area contributed by atoms with Gasteiger partial charge in [-0.3, -0.25) is 0 Å². The Bertz CT molecular complexity index is 435. The third kappa shape index (κ3) is 2.25. The van der Waals surface area contributed by atoms with Gasteiger partial charge in [0.1, 0.15) is 12.2 Å². The van der Waals surface area contributed by atoms with E-state index in [2.05, 4.69) is 33.5 Å². The zero-order chi connectivity index (χ0) is 11.5. The topological polar surface area (TPSA) is 82.5 Å². The van der Waals surface area contributed by atoms with Crippen LogP contribution in [0.3, 0.4) is 0 Å². The monoisotopic (exact) mass is 238 g/mol. The third-order valence-electron chi connectivity index (χ3n) is 2.30. The molecule has 86 valence electrons. The van der Waals surface area contributed by atoms with Gasteiger partial charge >= 0.3 is 0 Å². The van der Waals surface area contributed by atoms with Crippen LogP contribution in [0.25, 0.3) is 0 Å². The molecule has 0 radical (unpaired) electrons. The Kier molecular flexibility index (Phi) is 3.25. The zero-order valence-corrected chi connectivity index (χ0v) is 10.1. The van der Waals surface area contributed by atoms with Crippen LogP contribution in [-0.2, 0) is 6.42 Å². The molecular weight excluding hydrogens is 224 g/mol. The minimum atomic E-state index is -0.166. The molecule has 0 saturated carbocycles. The van der Waals surface area contributed by atoms with Gasteiger partial charge in [0.15, 0.2) is 0 Å². The predicted molar refractivity (Wildman–Crippen MR) is 60.9 cm³/mol. The van der Waals surface area contributed by atoms with Crippen LogP contribution in [0, 0.1) is 0 Å². The normalized spacial score (nSPS) is 13.2. The van der Waals surface area contributed by atoms with E-state index in [-0.39, 0.29) is 6.04 Å². The van der Waals surface area contributed by atoms with Crippen LogP contribution in [0.2, 0.25) is 0 Å². The summed E-state index contributed by atoms with van der Waals surface area (Å²) in [6.07, 6.45) is 2.19. The molecule has 0 aliphatic rings. The van der Waals surface area contributed by atoms with Crippen molar-refractivity contribution in [3.63, 3.8) is 0 Å². The van der Waals surface area contributed by atoms with Crippen molar-refractivity contribution in [2.24, 2.45) is 5.73 Å². The highest BCUT2D eigenvalue weighted by atomic mass is 32.1. The average molecular weight is 238 g/mol. The van der Waals surface area contributed by atoms with Gasteiger partial charge in [-0.25, -0.2) is 9.67 Å². The number of hydrogen-bond donors (Lipinski definition) is 1. The second kappa shape index (κ2) is 4.67. The van der Waals surface area contributed by atoms with Crippen LogP contribution in [-0.4, -0.2) is 24.4 Å². The van der Waals surface area contributed by atoms with Gasteiger partial charge in [0.25, 0.3) is 0 Å². The van der Waals surface area contributed by atoms with Crippen molar-refractivity contribution in [2.45, 2.75) is 32.4 Å². The predicted octanol–water partition coefficient (Wildman–Crippen LogP) is 0.953. The molecule has 1 atom stereocenters. The minimum Gasteiger partial charge on any atom is -0.322 e. The molecule has 0 aromatic carbocycles. The fraction of sp³-hybridized carbons (Fsp3) is 0.556. The van der Waals surface area contributed by atoms with E-state index in [1.807, 2.05) is 10.1 Å². The first-order valence-corrected chi connectivity index (χ1v) is 5.93. The van der Waals surface area contributed by atoms with Gasteiger partial charge in [0.2, 0.25) is 0 Å². The largest absolute Gasteiger partial charge is 0.322 e. The van der Waals surface area contributed by atoms with E-state index in [0.717, 1.165) is 11.5 Å². The van der Waals surface area contributed by atoms with Crippen molar-refractivity contribution >= 4 is 11.5 Å². The van der Waals surface area contributed by atoms with Gasteiger partial charge in [-0.1, -0.05) is 4.49 Å². The van der Waals surface area contributed by atoms with Crippen LogP contribution in [0.1, 0.15) is 37.4 Å². The lowest BCUT2D eigenvalue weighted by atomic mass is 10.1. The number of nitrogens with zero attached hydrogens (tertiary/aromatic N) is 5. The molecule has 16 heavy (non-hydrogen) atoms. The average Bonchev–Trinajstić information content (AvgIpc) is 2.86. The molecule has 0 amide bonds. The lowest BCUT2D eigenvalue weighted by Crippen LogP contribution is -2.18. The molecule has 2 heterocycles. The molecule has 0 spiro atoms. The Labute approximate surface area is 97.7 Å². The molecule has 2 rings (SSSR count). The van der Waals surface area contributed by atoms with Crippen molar-refractivity contribution in [3.05, 3.63) is 23.2 Å². The number of nitrogens with two attached hydrogens (primary N) is 1. The summed E-state index contributed by atoms with van der Waals surface area (Å²) >= 11 is 1.31. The summed E-state index contributed by atoms with van der Waals surface area (Å²) in [6, 6.07) is 0.124. The van der Waals surface area contributed by atoms with Gasteiger partial charge in [-0.05, 0) is 25.4 Å². The maximum absolute atomic E-state index is 6.02. The van der Waals surface area contributed by atoms with Gasteiger partial charge in [-0.15, -0.1) is 5.10 Å². The number of hydrogen-bond acceptors (Lipinski definition) is 6. The lowest BCUT2D eigenvalue weighted by molar-refractivity contribution is 0.491. The maximum atomic E-state index is 6.02. The Morgan fingerprint density at radius 3 is 2.94 bits per heavy atom. The molecule has 2 aromatic heterocycles. The molecule has 0 aliphatic heterocycles.